The van der Waals surface area contributed by atoms with E-state index in [1.165, 1.54) is 34.7 Å². The van der Waals surface area contributed by atoms with Gasteiger partial charge in [0.15, 0.2) is 0 Å². The number of hydrogen-bond acceptors (Lipinski definition) is 4. The number of carbonyl (C=O) groups excluding carboxylic acids is 1. The van der Waals surface area contributed by atoms with E-state index in [2.05, 4.69) is 28.6 Å². The van der Waals surface area contributed by atoms with Gasteiger partial charge in [-0.05, 0) is 78.7 Å². The van der Waals surface area contributed by atoms with Gasteiger partial charge in [0.25, 0.3) is 0 Å². The van der Waals surface area contributed by atoms with E-state index in [0.717, 1.165) is 30.0 Å². The first-order chi connectivity index (χ1) is 15.5. The molecule has 1 amide bonds. The fourth-order valence-corrected chi connectivity index (χ4v) is 6.14. The number of rotatable bonds is 8. The number of likely N-dealkylation sites (tertiary alicyclic amines) is 1. The van der Waals surface area contributed by atoms with Crippen LogP contribution in [0.25, 0.3) is 0 Å². The van der Waals surface area contributed by atoms with Gasteiger partial charge in [-0.15, -0.1) is 23.1 Å². The second kappa shape index (κ2) is 10.6. The maximum absolute atomic E-state index is 13.4. The largest absolute Gasteiger partial charge is 0.354 e. The van der Waals surface area contributed by atoms with Gasteiger partial charge in [0.1, 0.15) is 11.6 Å². The van der Waals surface area contributed by atoms with Gasteiger partial charge < -0.3 is 5.32 Å². The zero-order valence-electron chi connectivity index (χ0n) is 17.9. The van der Waals surface area contributed by atoms with Crippen molar-refractivity contribution in [2.24, 2.45) is 0 Å². The number of nitrogens with one attached hydrogen (secondary N) is 1. The molecule has 3 nitrogen and oxygen atoms in total. The first kappa shape index (κ1) is 23.0. The van der Waals surface area contributed by atoms with Crippen molar-refractivity contribution in [1.82, 2.24) is 10.2 Å². The van der Waals surface area contributed by atoms with Crippen molar-refractivity contribution >= 4 is 29.0 Å². The lowest BCUT2D eigenvalue weighted by molar-refractivity contribution is -0.125. The van der Waals surface area contributed by atoms with Crippen LogP contribution >= 0.6 is 23.1 Å². The minimum absolute atomic E-state index is 0.0119. The van der Waals surface area contributed by atoms with E-state index in [1.807, 2.05) is 6.07 Å². The van der Waals surface area contributed by atoms with Crippen LogP contribution in [0, 0.1) is 18.6 Å². The number of thioether (sulfide) groups is 1. The Kier molecular flexibility index (Phi) is 7.60. The van der Waals surface area contributed by atoms with Crippen molar-refractivity contribution in [2.75, 3.05) is 13.1 Å². The monoisotopic (exact) mass is 472 g/mol. The number of halogens is 2. The van der Waals surface area contributed by atoms with Crippen LogP contribution in [0.4, 0.5) is 8.78 Å². The predicted octanol–water partition coefficient (Wildman–Crippen LogP) is 5.43. The van der Waals surface area contributed by atoms with Gasteiger partial charge in [0, 0.05) is 34.7 Å². The smallest absolute Gasteiger partial charge is 0.237 e. The second-order valence-corrected chi connectivity index (χ2v) is 10.4. The lowest BCUT2D eigenvalue weighted by Crippen LogP contribution is -2.43. The van der Waals surface area contributed by atoms with Gasteiger partial charge in [-0.1, -0.05) is 12.1 Å². The summed E-state index contributed by atoms with van der Waals surface area (Å²) in [4.78, 5) is 17.6. The fourth-order valence-electron chi connectivity index (χ4n) is 3.99. The summed E-state index contributed by atoms with van der Waals surface area (Å²) in [6.45, 7) is 4.11. The SMILES string of the molecule is Cc1ccsc1CN1C[C@H](Sc2ccc(F)cc2)C[C@H]1C(=O)NCCc1cccc(F)c1. The number of hydrogen-bond donors (Lipinski definition) is 1. The lowest BCUT2D eigenvalue weighted by atomic mass is 10.1. The quantitative estimate of drug-likeness (QED) is 0.475. The highest BCUT2D eigenvalue weighted by molar-refractivity contribution is 8.00. The summed E-state index contributed by atoms with van der Waals surface area (Å²) in [5.41, 5.74) is 2.11. The third-order valence-corrected chi connectivity index (χ3v) is 7.93. The van der Waals surface area contributed by atoms with Crippen LogP contribution in [0.3, 0.4) is 0 Å². The van der Waals surface area contributed by atoms with E-state index >= 15 is 0 Å². The topological polar surface area (TPSA) is 32.3 Å². The summed E-state index contributed by atoms with van der Waals surface area (Å²) in [5.74, 6) is -0.494. The number of amides is 1. The minimum Gasteiger partial charge on any atom is -0.354 e. The molecule has 1 fully saturated rings. The molecule has 1 N–H and O–H groups in total. The van der Waals surface area contributed by atoms with E-state index in [9.17, 15) is 13.6 Å². The van der Waals surface area contributed by atoms with E-state index in [0.29, 0.717) is 13.0 Å². The Balaban J connectivity index is 1.40. The summed E-state index contributed by atoms with van der Waals surface area (Å²) in [6.07, 6.45) is 1.33. The molecule has 2 atom stereocenters. The van der Waals surface area contributed by atoms with Crippen LogP contribution in [0.1, 0.15) is 22.4 Å². The Morgan fingerprint density at radius 2 is 1.97 bits per heavy atom. The van der Waals surface area contributed by atoms with Gasteiger partial charge in [0.2, 0.25) is 5.91 Å². The minimum atomic E-state index is -0.261. The molecule has 1 saturated heterocycles. The highest BCUT2D eigenvalue weighted by Crippen LogP contribution is 2.34. The van der Waals surface area contributed by atoms with Crippen LogP contribution < -0.4 is 5.32 Å². The summed E-state index contributed by atoms with van der Waals surface area (Å²) in [5, 5.41) is 5.38. The first-order valence-electron chi connectivity index (χ1n) is 10.7. The first-order valence-corrected chi connectivity index (χ1v) is 12.5. The molecule has 2 aromatic carbocycles. The third kappa shape index (κ3) is 5.97. The molecular formula is C25H26F2N2OS2. The molecule has 0 spiro atoms. The van der Waals surface area contributed by atoms with Crippen molar-refractivity contribution < 1.29 is 13.6 Å². The molecule has 32 heavy (non-hydrogen) atoms. The van der Waals surface area contributed by atoms with Crippen LogP contribution in [0.5, 0.6) is 0 Å². The molecule has 0 saturated carbocycles. The Morgan fingerprint density at radius 1 is 1.16 bits per heavy atom. The molecule has 4 rings (SSSR count). The van der Waals surface area contributed by atoms with Gasteiger partial charge in [0.05, 0.1) is 6.04 Å². The van der Waals surface area contributed by atoms with Crippen molar-refractivity contribution in [3.63, 3.8) is 0 Å². The molecule has 1 aliphatic rings. The van der Waals surface area contributed by atoms with Crippen molar-refractivity contribution in [2.45, 2.75) is 42.5 Å². The molecule has 1 aliphatic heterocycles. The normalized spacial score (nSPS) is 18.7. The maximum atomic E-state index is 13.4. The molecular weight excluding hydrogens is 446 g/mol. The summed E-state index contributed by atoms with van der Waals surface area (Å²) in [7, 11) is 0. The number of thiophene rings is 1. The molecule has 168 valence electrons. The highest BCUT2D eigenvalue weighted by atomic mass is 32.2. The summed E-state index contributed by atoms with van der Waals surface area (Å²) in [6, 6.07) is 14.9. The average Bonchev–Trinajstić information content (AvgIpc) is 3.36. The number of nitrogens with zero attached hydrogens (tertiary/aromatic N) is 1. The number of benzene rings is 2. The molecule has 0 aliphatic carbocycles. The van der Waals surface area contributed by atoms with Crippen molar-refractivity contribution in [3.8, 4) is 0 Å². The summed E-state index contributed by atoms with van der Waals surface area (Å²) < 4.78 is 26.6. The molecule has 2 heterocycles. The fraction of sp³-hybridized carbons (Fsp3) is 0.320. The van der Waals surface area contributed by atoms with Crippen LogP contribution in [0.15, 0.2) is 64.9 Å². The highest BCUT2D eigenvalue weighted by Gasteiger charge is 2.37. The molecule has 1 aromatic heterocycles. The van der Waals surface area contributed by atoms with Crippen molar-refractivity contribution in [3.05, 3.63) is 87.6 Å². The Morgan fingerprint density at radius 3 is 2.69 bits per heavy atom. The van der Waals surface area contributed by atoms with E-state index < -0.39 is 0 Å². The van der Waals surface area contributed by atoms with Gasteiger partial charge in [-0.2, -0.15) is 0 Å². The predicted molar refractivity (Wildman–Crippen MR) is 127 cm³/mol. The van der Waals surface area contributed by atoms with Crippen LogP contribution in [-0.2, 0) is 17.8 Å². The average molecular weight is 473 g/mol. The zero-order valence-corrected chi connectivity index (χ0v) is 19.5. The Labute approximate surface area is 195 Å². The van der Waals surface area contributed by atoms with E-state index in [1.54, 1.807) is 41.3 Å². The second-order valence-electron chi connectivity index (χ2n) is 8.07. The Bertz CT molecular complexity index is 1050. The van der Waals surface area contributed by atoms with E-state index in [4.69, 9.17) is 0 Å². The molecule has 3 aromatic rings. The van der Waals surface area contributed by atoms with Gasteiger partial charge in [-0.3, -0.25) is 9.69 Å². The van der Waals surface area contributed by atoms with Crippen LogP contribution in [0.2, 0.25) is 0 Å². The zero-order chi connectivity index (χ0) is 22.5. The van der Waals surface area contributed by atoms with Crippen LogP contribution in [-0.4, -0.2) is 35.2 Å². The van der Waals surface area contributed by atoms with Gasteiger partial charge >= 0.3 is 0 Å². The number of aryl methyl sites for hydroxylation is 1. The van der Waals surface area contributed by atoms with Gasteiger partial charge in [-0.25, -0.2) is 8.78 Å². The lowest BCUT2D eigenvalue weighted by Gasteiger charge is -2.23. The third-order valence-electron chi connectivity index (χ3n) is 5.70. The number of carbonyl (C=O) groups is 1. The molecule has 7 heteroatoms. The maximum Gasteiger partial charge on any atom is 0.237 e. The van der Waals surface area contributed by atoms with Crippen molar-refractivity contribution in [1.29, 1.82) is 0 Å². The standard InChI is InChI=1S/C25H26F2N2OS2/c1-17-10-12-31-24(17)16-29-15-22(32-21-7-5-19(26)6-8-21)14-23(29)25(30)28-11-9-18-3-2-4-20(27)13-18/h2-8,10,12-13,22-23H,9,11,14-16H2,1H3,(H,28,30)/t22-,23+/m1/s1. The molecule has 0 radical (unpaired) electrons. The Hall–Kier alpha value is -2.22. The molecule has 0 bridgehead atoms. The summed E-state index contributed by atoms with van der Waals surface area (Å²) >= 11 is 3.41. The molecule has 0 unspecified atom stereocenters. The van der Waals surface area contributed by atoms with E-state index in [-0.39, 0.29) is 28.8 Å².